The molecule has 0 spiro atoms. The van der Waals surface area contributed by atoms with Crippen LogP contribution < -0.4 is 5.63 Å². The lowest BCUT2D eigenvalue weighted by atomic mass is 10.1. The highest BCUT2D eigenvalue weighted by atomic mass is 16.4. The Morgan fingerprint density at radius 3 is 2.69 bits per heavy atom. The second kappa shape index (κ2) is 2.73. The summed E-state index contributed by atoms with van der Waals surface area (Å²) in [5.41, 5.74) is 2.22. The van der Waals surface area contributed by atoms with Gasteiger partial charge in [0.1, 0.15) is 5.58 Å². The molecule has 0 aliphatic heterocycles. The predicted molar refractivity (Wildman–Crippen MR) is 52.0 cm³/mol. The maximum Gasteiger partial charge on any atom is 0.339 e. The molecule has 0 aliphatic rings. The van der Waals surface area contributed by atoms with Gasteiger partial charge in [-0.15, -0.1) is 0 Å². The molecular formula is C11H10O2. The first-order valence-corrected chi connectivity index (χ1v) is 4.18. The summed E-state index contributed by atoms with van der Waals surface area (Å²) in [6.45, 7) is 3.77. The average molecular weight is 174 g/mol. The summed E-state index contributed by atoms with van der Waals surface area (Å²) in [6.07, 6.45) is 0. The highest BCUT2D eigenvalue weighted by molar-refractivity contribution is 5.77. The molecule has 0 amide bonds. The lowest BCUT2D eigenvalue weighted by Crippen LogP contribution is -2.01. The molecule has 13 heavy (non-hydrogen) atoms. The largest absolute Gasteiger partial charge is 0.423 e. The van der Waals surface area contributed by atoms with Crippen molar-refractivity contribution in [3.05, 3.63) is 45.8 Å². The number of fused-ring (bicyclic) bond motifs is 1. The quantitative estimate of drug-likeness (QED) is 0.574. The van der Waals surface area contributed by atoms with Crippen molar-refractivity contribution in [2.45, 2.75) is 13.8 Å². The van der Waals surface area contributed by atoms with E-state index in [1.807, 2.05) is 31.2 Å². The lowest BCUT2D eigenvalue weighted by molar-refractivity contribution is 0.555. The second-order valence-corrected chi connectivity index (χ2v) is 3.26. The zero-order valence-electron chi connectivity index (χ0n) is 7.63. The van der Waals surface area contributed by atoms with E-state index in [1.165, 1.54) is 5.56 Å². The van der Waals surface area contributed by atoms with Gasteiger partial charge < -0.3 is 4.42 Å². The van der Waals surface area contributed by atoms with Crippen LogP contribution in [-0.4, -0.2) is 0 Å². The van der Waals surface area contributed by atoms with E-state index in [4.69, 9.17) is 4.42 Å². The molecule has 2 heteroatoms. The van der Waals surface area contributed by atoms with Crippen molar-refractivity contribution in [3.8, 4) is 0 Å². The van der Waals surface area contributed by atoms with Crippen LogP contribution in [-0.2, 0) is 0 Å². The molecule has 0 radical (unpaired) electrons. The Kier molecular flexibility index (Phi) is 1.69. The molecular weight excluding hydrogens is 164 g/mol. The van der Waals surface area contributed by atoms with E-state index in [0.717, 1.165) is 5.39 Å². The standard InChI is InChI=1S/C11H10O2/c1-7-3-4-10-9(5-7)6-8(2)11(12)13-10/h3-6H,1-2H3. The summed E-state index contributed by atoms with van der Waals surface area (Å²) in [4.78, 5) is 11.2. The van der Waals surface area contributed by atoms with E-state index < -0.39 is 0 Å². The van der Waals surface area contributed by atoms with Crippen LogP contribution in [0.1, 0.15) is 11.1 Å². The van der Waals surface area contributed by atoms with Crippen LogP contribution in [0.25, 0.3) is 11.0 Å². The van der Waals surface area contributed by atoms with Crippen molar-refractivity contribution in [2.24, 2.45) is 0 Å². The third-order valence-electron chi connectivity index (χ3n) is 2.06. The topological polar surface area (TPSA) is 30.2 Å². The minimum absolute atomic E-state index is 0.253. The summed E-state index contributed by atoms with van der Waals surface area (Å²) < 4.78 is 5.09. The molecule has 0 aliphatic carbocycles. The Morgan fingerprint density at radius 1 is 1.15 bits per heavy atom. The third-order valence-corrected chi connectivity index (χ3v) is 2.06. The van der Waals surface area contributed by atoms with Gasteiger partial charge in [0.05, 0.1) is 0 Å². The Balaban J connectivity index is 2.89. The lowest BCUT2D eigenvalue weighted by Gasteiger charge is -1.98. The molecule has 0 atom stereocenters. The summed E-state index contributed by atoms with van der Waals surface area (Å²) >= 11 is 0. The smallest absolute Gasteiger partial charge is 0.339 e. The van der Waals surface area contributed by atoms with Crippen LogP contribution in [0, 0.1) is 13.8 Å². The van der Waals surface area contributed by atoms with Gasteiger partial charge in [-0.25, -0.2) is 4.79 Å². The van der Waals surface area contributed by atoms with Crippen LogP contribution in [0.4, 0.5) is 0 Å². The van der Waals surface area contributed by atoms with Gasteiger partial charge in [-0.3, -0.25) is 0 Å². The van der Waals surface area contributed by atoms with Crippen LogP contribution in [0.2, 0.25) is 0 Å². The highest BCUT2D eigenvalue weighted by Crippen LogP contribution is 2.14. The molecule has 1 aromatic heterocycles. The normalized spacial score (nSPS) is 10.6. The Hall–Kier alpha value is -1.57. The molecule has 2 aromatic rings. The first-order chi connectivity index (χ1) is 6.16. The number of aryl methyl sites for hydroxylation is 2. The van der Waals surface area contributed by atoms with Crippen molar-refractivity contribution in [2.75, 3.05) is 0 Å². The van der Waals surface area contributed by atoms with Gasteiger partial charge in [-0.1, -0.05) is 11.6 Å². The minimum atomic E-state index is -0.253. The number of hydrogen-bond donors (Lipinski definition) is 0. The van der Waals surface area contributed by atoms with E-state index in [1.54, 1.807) is 6.92 Å². The zero-order chi connectivity index (χ0) is 9.42. The van der Waals surface area contributed by atoms with Crippen LogP contribution >= 0.6 is 0 Å². The van der Waals surface area contributed by atoms with Gasteiger partial charge in [-0.2, -0.15) is 0 Å². The van der Waals surface area contributed by atoms with Crippen molar-refractivity contribution in [1.82, 2.24) is 0 Å². The highest BCUT2D eigenvalue weighted by Gasteiger charge is 2.00. The fraction of sp³-hybridized carbons (Fsp3) is 0.182. The number of benzene rings is 1. The minimum Gasteiger partial charge on any atom is -0.423 e. The molecule has 2 nitrogen and oxygen atoms in total. The molecule has 2 rings (SSSR count). The molecule has 1 heterocycles. The van der Waals surface area contributed by atoms with Gasteiger partial charge in [0.25, 0.3) is 0 Å². The molecule has 0 fully saturated rings. The Bertz CT molecular complexity index is 509. The van der Waals surface area contributed by atoms with Crippen LogP contribution in [0.5, 0.6) is 0 Å². The third kappa shape index (κ3) is 1.35. The average Bonchev–Trinajstić information content (AvgIpc) is 2.08. The molecule has 66 valence electrons. The predicted octanol–water partition coefficient (Wildman–Crippen LogP) is 2.41. The van der Waals surface area contributed by atoms with Crippen molar-refractivity contribution in [1.29, 1.82) is 0 Å². The maximum absolute atomic E-state index is 11.2. The fourth-order valence-corrected chi connectivity index (χ4v) is 1.35. The van der Waals surface area contributed by atoms with Crippen molar-refractivity contribution >= 4 is 11.0 Å². The summed E-state index contributed by atoms with van der Waals surface area (Å²) in [5, 5.41) is 0.983. The SMILES string of the molecule is Cc1ccc2oc(=O)c(C)cc2c1. The van der Waals surface area contributed by atoms with E-state index in [0.29, 0.717) is 11.1 Å². The fourth-order valence-electron chi connectivity index (χ4n) is 1.35. The van der Waals surface area contributed by atoms with Gasteiger partial charge >= 0.3 is 5.63 Å². The Morgan fingerprint density at radius 2 is 1.92 bits per heavy atom. The van der Waals surface area contributed by atoms with Gasteiger partial charge in [0.15, 0.2) is 0 Å². The van der Waals surface area contributed by atoms with Gasteiger partial charge in [-0.05, 0) is 32.0 Å². The van der Waals surface area contributed by atoms with E-state index >= 15 is 0 Å². The van der Waals surface area contributed by atoms with Crippen LogP contribution in [0.3, 0.4) is 0 Å². The molecule has 1 aromatic carbocycles. The molecule has 0 saturated heterocycles. The Labute approximate surface area is 75.8 Å². The van der Waals surface area contributed by atoms with Crippen LogP contribution in [0.15, 0.2) is 33.5 Å². The first kappa shape index (κ1) is 8.05. The summed E-state index contributed by atoms with van der Waals surface area (Å²) in [6, 6.07) is 7.62. The second-order valence-electron chi connectivity index (χ2n) is 3.26. The number of rotatable bonds is 0. The zero-order valence-corrected chi connectivity index (χ0v) is 7.63. The van der Waals surface area contributed by atoms with E-state index in [2.05, 4.69) is 0 Å². The monoisotopic (exact) mass is 174 g/mol. The molecule has 0 bridgehead atoms. The van der Waals surface area contributed by atoms with Crippen molar-refractivity contribution < 1.29 is 4.42 Å². The van der Waals surface area contributed by atoms with E-state index in [-0.39, 0.29) is 5.63 Å². The van der Waals surface area contributed by atoms with Crippen molar-refractivity contribution in [3.63, 3.8) is 0 Å². The van der Waals surface area contributed by atoms with E-state index in [9.17, 15) is 4.79 Å². The summed E-state index contributed by atoms with van der Waals surface area (Å²) in [5.74, 6) is 0. The maximum atomic E-state index is 11.2. The molecule has 0 N–H and O–H groups in total. The first-order valence-electron chi connectivity index (χ1n) is 4.18. The molecule has 0 unspecified atom stereocenters. The van der Waals surface area contributed by atoms with Gasteiger partial charge in [0.2, 0.25) is 0 Å². The molecule has 0 saturated carbocycles. The summed E-state index contributed by atoms with van der Waals surface area (Å²) in [7, 11) is 0. The van der Waals surface area contributed by atoms with Gasteiger partial charge in [0, 0.05) is 10.9 Å². The number of hydrogen-bond acceptors (Lipinski definition) is 2.